The normalized spacial score (nSPS) is 19.4. The highest BCUT2D eigenvalue weighted by Crippen LogP contribution is 2.16. The van der Waals surface area contributed by atoms with E-state index in [4.69, 9.17) is 5.26 Å². The van der Waals surface area contributed by atoms with Crippen LogP contribution in [0.1, 0.15) is 24.0 Å². The molecule has 1 aromatic carbocycles. The first-order chi connectivity index (χ1) is 9.20. The van der Waals surface area contributed by atoms with Crippen LogP contribution in [-0.2, 0) is 6.54 Å². The van der Waals surface area contributed by atoms with Crippen LogP contribution >= 0.6 is 0 Å². The highest BCUT2D eigenvalue weighted by molar-refractivity contribution is 5.34. The number of piperidine rings is 1. The van der Waals surface area contributed by atoms with Gasteiger partial charge in [0.1, 0.15) is 11.9 Å². The first kappa shape index (κ1) is 14.0. The van der Waals surface area contributed by atoms with E-state index in [2.05, 4.69) is 10.2 Å². The van der Waals surface area contributed by atoms with Crippen molar-refractivity contribution in [2.24, 2.45) is 5.92 Å². The molecule has 1 unspecified atom stereocenters. The number of rotatable bonds is 4. The molecular formula is C15H20FN3. The Kier molecular flexibility index (Phi) is 4.89. The summed E-state index contributed by atoms with van der Waals surface area (Å²) in [7, 11) is 2.01. The SMILES string of the molecule is CN(Cc1cccc(C#N)c1F)CC1CCCNC1. The summed E-state index contributed by atoms with van der Waals surface area (Å²) in [6.07, 6.45) is 2.45. The summed E-state index contributed by atoms with van der Waals surface area (Å²) in [5.74, 6) is 0.263. The molecule has 1 heterocycles. The van der Waals surface area contributed by atoms with Gasteiger partial charge in [-0.25, -0.2) is 4.39 Å². The number of hydrogen-bond acceptors (Lipinski definition) is 3. The highest BCUT2D eigenvalue weighted by atomic mass is 19.1. The lowest BCUT2D eigenvalue weighted by Gasteiger charge is -2.27. The van der Waals surface area contributed by atoms with Crippen molar-refractivity contribution >= 4 is 0 Å². The Hall–Kier alpha value is -1.44. The first-order valence-corrected chi connectivity index (χ1v) is 6.77. The van der Waals surface area contributed by atoms with E-state index in [1.165, 1.54) is 18.9 Å². The van der Waals surface area contributed by atoms with Crippen molar-refractivity contribution in [3.05, 3.63) is 35.1 Å². The average molecular weight is 261 g/mol. The molecule has 4 heteroatoms. The van der Waals surface area contributed by atoms with Gasteiger partial charge < -0.3 is 10.2 Å². The van der Waals surface area contributed by atoms with E-state index in [9.17, 15) is 4.39 Å². The number of benzene rings is 1. The van der Waals surface area contributed by atoms with Gasteiger partial charge in [0.15, 0.2) is 0 Å². The zero-order chi connectivity index (χ0) is 13.7. The van der Waals surface area contributed by atoms with E-state index >= 15 is 0 Å². The minimum Gasteiger partial charge on any atom is -0.316 e. The summed E-state index contributed by atoms with van der Waals surface area (Å²) in [6.45, 7) is 3.67. The third-order valence-electron chi connectivity index (χ3n) is 3.61. The van der Waals surface area contributed by atoms with E-state index in [-0.39, 0.29) is 11.4 Å². The number of hydrogen-bond donors (Lipinski definition) is 1. The Morgan fingerprint density at radius 3 is 3.05 bits per heavy atom. The molecule has 0 bridgehead atoms. The first-order valence-electron chi connectivity index (χ1n) is 6.77. The minimum atomic E-state index is -0.376. The smallest absolute Gasteiger partial charge is 0.145 e. The summed E-state index contributed by atoms with van der Waals surface area (Å²) in [4.78, 5) is 2.14. The van der Waals surface area contributed by atoms with Gasteiger partial charge in [0.05, 0.1) is 5.56 Å². The minimum absolute atomic E-state index is 0.130. The maximum atomic E-state index is 14.0. The van der Waals surface area contributed by atoms with Crippen LogP contribution in [0, 0.1) is 23.1 Å². The molecule has 0 aromatic heterocycles. The second-order valence-corrected chi connectivity index (χ2v) is 5.30. The molecular weight excluding hydrogens is 241 g/mol. The number of nitriles is 1. The Balaban J connectivity index is 1.95. The monoisotopic (exact) mass is 261 g/mol. The maximum Gasteiger partial charge on any atom is 0.145 e. The second-order valence-electron chi connectivity index (χ2n) is 5.30. The standard InChI is InChI=1S/C15H20FN3/c1-19(10-12-4-3-7-18-9-12)11-14-6-2-5-13(8-17)15(14)16/h2,5-6,12,18H,3-4,7,9-11H2,1H3. The van der Waals surface area contributed by atoms with E-state index in [0.29, 0.717) is 18.0 Å². The second kappa shape index (κ2) is 6.65. The van der Waals surface area contributed by atoms with Crippen LogP contribution in [0.2, 0.25) is 0 Å². The molecule has 1 aliphatic heterocycles. The van der Waals surface area contributed by atoms with Crippen LogP contribution in [0.15, 0.2) is 18.2 Å². The van der Waals surface area contributed by atoms with Gasteiger partial charge in [-0.2, -0.15) is 5.26 Å². The molecule has 1 N–H and O–H groups in total. The van der Waals surface area contributed by atoms with Gasteiger partial charge in [0.2, 0.25) is 0 Å². The lowest BCUT2D eigenvalue weighted by atomic mass is 9.99. The Morgan fingerprint density at radius 2 is 2.37 bits per heavy atom. The van der Waals surface area contributed by atoms with E-state index < -0.39 is 0 Å². The molecule has 3 nitrogen and oxygen atoms in total. The van der Waals surface area contributed by atoms with Gasteiger partial charge in [0.25, 0.3) is 0 Å². The summed E-state index contributed by atoms with van der Waals surface area (Å²) in [6, 6.07) is 6.90. The topological polar surface area (TPSA) is 39.1 Å². The van der Waals surface area contributed by atoms with Crippen LogP contribution in [0.25, 0.3) is 0 Å². The molecule has 1 atom stereocenters. The molecule has 19 heavy (non-hydrogen) atoms. The van der Waals surface area contributed by atoms with Crippen molar-refractivity contribution in [1.82, 2.24) is 10.2 Å². The van der Waals surface area contributed by atoms with Crippen LogP contribution in [0.5, 0.6) is 0 Å². The number of nitrogens with one attached hydrogen (secondary N) is 1. The van der Waals surface area contributed by atoms with Crippen molar-refractivity contribution in [3.63, 3.8) is 0 Å². The molecule has 0 saturated carbocycles. The zero-order valence-electron chi connectivity index (χ0n) is 11.3. The van der Waals surface area contributed by atoms with Crippen molar-refractivity contribution in [2.45, 2.75) is 19.4 Å². The fourth-order valence-corrected chi connectivity index (χ4v) is 2.66. The molecule has 0 amide bonds. The Morgan fingerprint density at radius 1 is 1.53 bits per heavy atom. The molecule has 102 valence electrons. The summed E-state index contributed by atoms with van der Waals surface area (Å²) in [5.41, 5.74) is 0.732. The number of halogens is 1. The summed E-state index contributed by atoms with van der Waals surface area (Å²) < 4.78 is 14.0. The fraction of sp³-hybridized carbons (Fsp3) is 0.533. The molecule has 1 aliphatic rings. The molecule has 1 saturated heterocycles. The lowest BCUT2D eigenvalue weighted by Crippen LogP contribution is -2.36. The third kappa shape index (κ3) is 3.76. The van der Waals surface area contributed by atoms with Crippen LogP contribution < -0.4 is 5.32 Å². The largest absolute Gasteiger partial charge is 0.316 e. The van der Waals surface area contributed by atoms with Crippen LogP contribution in [0.3, 0.4) is 0 Å². The quantitative estimate of drug-likeness (QED) is 0.902. The average Bonchev–Trinajstić information content (AvgIpc) is 2.42. The molecule has 0 spiro atoms. The lowest BCUT2D eigenvalue weighted by molar-refractivity contribution is 0.235. The molecule has 1 fully saturated rings. The predicted octanol–water partition coefficient (Wildman–Crippen LogP) is 2.13. The van der Waals surface area contributed by atoms with Gasteiger partial charge in [0, 0.05) is 18.7 Å². The highest BCUT2D eigenvalue weighted by Gasteiger charge is 2.16. The fourth-order valence-electron chi connectivity index (χ4n) is 2.66. The van der Waals surface area contributed by atoms with Crippen molar-refractivity contribution in [3.8, 4) is 6.07 Å². The van der Waals surface area contributed by atoms with Gasteiger partial charge in [-0.3, -0.25) is 0 Å². The summed E-state index contributed by atoms with van der Waals surface area (Å²) in [5, 5.41) is 12.2. The Labute approximate surface area is 114 Å². The molecule has 2 rings (SSSR count). The van der Waals surface area contributed by atoms with Gasteiger partial charge in [-0.1, -0.05) is 12.1 Å². The van der Waals surface area contributed by atoms with Crippen LogP contribution in [0.4, 0.5) is 4.39 Å². The predicted molar refractivity (Wildman–Crippen MR) is 73.0 cm³/mol. The van der Waals surface area contributed by atoms with Crippen molar-refractivity contribution < 1.29 is 4.39 Å². The van der Waals surface area contributed by atoms with Crippen molar-refractivity contribution in [1.29, 1.82) is 5.26 Å². The number of nitrogens with zero attached hydrogens (tertiary/aromatic N) is 2. The van der Waals surface area contributed by atoms with Gasteiger partial charge in [-0.15, -0.1) is 0 Å². The Bertz CT molecular complexity index is 461. The summed E-state index contributed by atoms with van der Waals surface area (Å²) >= 11 is 0. The molecule has 0 radical (unpaired) electrons. The molecule has 1 aromatic rings. The van der Waals surface area contributed by atoms with E-state index in [0.717, 1.165) is 19.6 Å². The van der Waals surface area contributed by atoms with Crippen molar-refractivity contribution in [2.75, 3.05) is 26.7 Å². The molecule has 0 aliphatic carbocycles. The third-order valence-corrected chi connectivity index (χ3v) is 3.61. The van der Waals surface area contributed by atoms with Crippen LogP contribution in [-0.4, -0.2) is 31.6 Å². The maximum absolute atomic E-state index is 14.0. The van der Waals surface area contributed by atoms with E-state index in [1.807, 2.05) is 13.1 Å². The van der Waals surface area contributed by atoms with Gasteiger partial charge in [-0.05, 0) is 45.0 Å². The zero-order valence-corrected chi connectivity index (χ0v) is 11.3. The van der Waals surface area contributed by atoms with Gasteiger partial charge >= 0.3 is 0 Å². The van der Waals surface area contributed by atoms with E-state index in [1.54, 1.807) is 12.1 Å².